The van der Waals surface area contributed by atoms with E-state index in [0.29, 0.717) is 12.3 Å². The van der Waals surface area contributed by atoms with Crippen LogP contribution in [0.25, 0.3) is 0 Å². The predicted molar refractivity (Wildman–Crippen MR) is 54.5 cm³/mol. The average Bonchev–Trinajstić information content (AvgIpc) is 2.62. The highest BCUT2D eigenvalue weighted by Gasteiger charge is 2.23. The van der Waals surface area contributed by atoms with Crippen molar-refractivity contribution < 1.29 is 14.6 Å². The van der Waals surface area contributed by atoms with Gasteiger partial charge in [-0.3, -0.25) is 0 Å². The monoisotopic (exact) mass is 212 g/mol. The first-order valence-corrected chi connectivity index (χ1v) is 5.05. The first-order chi connectivity index (χ1) is 7.20. The van der Waals surface area contributed by atoms with Crippen molar-refractivity contribution in [2.75, 3.05) is 6.61 Å². The van der Waals surface area contributed by atoms with Crippen LogP contribution in [0.1, 0.15) is 32.1 Å². The summed E-state index contributed by atoms with van der Waals surface area (Å²) in [4.78, 5) is 14.9. The van der Waals surface area contributed by atoms with Gasteiger partial charge in [-0.1, -0.05) is 6.92 Å². The zero-order valence-electron chi connectivity index (χ0n) is 9.01. The van der Waals surface area contributed by atoms with E-state index >= 15 is 0 Å². The third kappa shape index (κ3) is 2.79. The zero-order valence-corrected chi connectivity index (χ0v) is 9.01. The molecule has 1 atom stereocenters. The number of carboxylic acid groups (broad SMARTS) is 1. The van der Waals surface area contributed by atoms with Gasteiger partial charge in [0.2, 0.25) is 0 Å². The van der Waals surface area contributed by atoms with Gasteiger partial charge in [0.1, 0.15) is 0 Å². The van der Waals surface area contributed by atoms with Crippen molar-refractivity contribution in [2.45, 2.75) is 32.9 Å². The minimum Gasteiger partial charge on any atom is -0.479 e. The summed E-state index contributed by atoms with van der Waals surface area (Å²) in [6.07, 6.45) is 3.20. The lowest BCUT2D eigenvalue weighted by atomic mass is 10.2. The molecule has 1 aromatic rings. The first kappa shape index (κ1) is 11.7. The maximum atomic E-state index is 11.0. The number of nitrogens with zero attached hydrogens (tertiary/aromatic N) is 2. The Bertz CT molecular complexity index is 322. The molecule has 0 spiro atoms. The lowest BCUT2D eigenvalue weighted by Gasteiger charge is -2.14. The summed E-state index contributed by atoms with van der Waals surface area (Å²) in [6.45, 7) is 4.93. The summed E-state index contributed by atoms with van der Waals surface area (Å²) in [5.74, 6) is -0.977. The van der Waals surface area contributed by atoms with E-state index in [2.05, 4.69) is 4.98 Å². The second-order valence-electron chi connectivity index (χ2n) is 3.19. The van der Waals surface area contributed by atoms with Crippen LogP contribution in [0.15, 0.2) is 12.5 Å². The van der Waals surface area contributed by atoms with Gasteiger partial charge in [0.25, 0.3) is 0 Å². The van der Waals surface area contributed by atoms with Crippen LogP contribution in [0.3, 0.4) is 0 Å². The minimum atomic E-state index is -0.977. The molecule has 84 valence electrons. The summed E-state index contributed by atoms with van der Waals surface area (Å²) < 4.78 is 6.99. The molecule has 0 aliphatic heterocycles. The number of hydrogen-bond acceptors (Lipinski definition) is 3. The van der Waals surface area contributed by atoms with Crippen molar-refractivity contribution >= 4 is 5.97 Å². The first-order valence-electron chi connectivity index (χ1n) is 5.05. The molecule has 5 nitrogen and oxygen atoms in total. The van der Waals surface area contributed by atoms with E-state index in [9.17, 15) is 4.79 Å². The normalized spacial score (nSPS) is 12.7. The summed E-state index contributed by atoms with van der Waals surface area (Å²) in [5, 5.41) is 9.00. The van der Waals surface area contributed by atoms with E-state index in [4.69, 9.17) is 9.84 Å². The number of carbonyl (C=O) groups is 1. The second kappa shape index (κ2) is 5.50. The Labute approximate surface area is 88.7 Å². The topological polar surface area (TPSA) is 64.4 Å². The lowest BCUT2D eigenvalue weighted by Crippen LogP contribution is -2.19. The lowest BCUT2D eigenvalue weighted by molar-refractivity contribution is -0.151. The molecule has 0 bridgehead atoms. The van der Waals surface area contributed by atoms with Crippen LogP contribution in [0.5, 0.6) is 0 Å². The Morgan fingerprint density at radius 1 is 1.67 bits per heavy atom. The molecule has 5 heteroatoms. The van der Waals surface area contributed by atoms with E-state index in [1.807, 2.05) is 11.5 Å². The fourth-order valence-corrected chi connectivity index (χ4v) is 1.43. The fraction of sp³-hybridized carbons (Fsp3) is 0.600. The number of carboxylic acids is 1. The van der Waals surface area contributed by atoms with Gasteiger partial charge in [-0.2, -0.15) is 0 Å². The molecule has 1 heterocycles. The highest BCUT2D eigenvalue weighted by molar-refractivity contribution is 5.73. The fourth-order valence-electron chi connectivity index (χ4n) is 1.43. The molecule has 0 aliphatic carbocycles. The molecule has 15 heavy (non-hydrogen) atoms. The van der Waals surface area contributed by atoms with Gasteiger partial charge in [0.05, 0.1) is 18.2 Å². The number of ether oxygens (including phenoxy) is 1. The number of hydrogen-bond donors (Lipinski definition) is 1. The van der Waals surface area contributed by atoms with Crippen LogP contribution >= 0.6 is 0 Å². The Morgan fingerprint density at radius 3 is 2.93 bits per heavy atom. The van der Waals surface area contributed by atoms with E-state index in [1.54, 1.807) is 19.4 Å². The maximum Gasteiger partial charge on any atom is 0.339 e. The summed E-state index contributed by atoms with van der Waals surface area (Å²) in [7, 11) is 0. The average molecular weight is 212 g/mol. The van der Waals surface area contributed by atoms with E-state index in [1.165, 1.54) is 0 Å². The van der Waals surface area contributed by atoms with E-state index in [0.717, 1.165) is 13.0 Å². The van der Waals surface area contributed by atoms with E-state index < -0.39 is 12.1 Å². The molecule has 1 rings (SSSR count). The third-order valence-corrected chi connectivity index (χ3v) is 2.04. The standard InChI is InChI=1S/C10H16N2O3/c1-3-5-12-7-11-6-8(12)9(10(13)14)15-4-2/h6-7,9H,3-5H2,1-2H3,(H,13,14). The van der Waals surface area contributed by atoms with Crippen LogP contribution in [0.4, 0.5) is 0 Å². The van der Waals surface area contributed by atoms with Crippen molar-refractivity contribution in [3.8, 4) is 0 Å². The van der Waals surface area contributed by atoms with Gasteiger partial charge < -0.3 is 14.4 Å². The van der Waals surface area contributed by atoms with Crippen LogP contribution in [0, 0.1) is 0 Å². The van der Waals surface area contributed by atoms with Crippen molar-refractivity contribution in [3.05, 3.63) is 18.2 Å². The van der Waals surface area contributed by atoms with Crippen molar-refractivity contribution in [1.29, 1.82) is 0 Å². The summed E-state index contributed by atoms with van der Waals surface area (Å²) in [5.41, 5.74) is 0.603. The van der Waals surface area contributed by atoms with Crippen LogP contribution in [0.2, 0.25) is 0 Å². The Kier molecular flexibility index (Phi) is 4.30. The predicted octanol–water partition coefficient (Wildman–Crippen LogP) is 1.46. The van der Waals surface area contributed by atoms with Gasteiger partial charge in [-0.05, 0) is 13.3 Å². The molecule has 1 N–H and O–H groups in total. The van der Waals surface area contributed by atoms with Crippen molar-refractivity contribution in [1.82, 2.24) is 9.55 Å². The molecule has 0 radical (unpaired) electrons. The van der Waals surface area contributed by atoms with Crippen molar-refractivity contribution in [3.63, 3.8) is 0 Å². The van der Waals surface area contributed by atoms with Crippen LogP contribution in [-0.2, 0) is 16.1 Å². The number of rotatable bonds is 6. The molecule has 1 unspecified atom stereocenters. The molecule has 0 aromatic carbocycles. The SMILES string of the molecule is CCCn1cncc1C(OCC)C(=O)O. The van der Waals surface area contributed by atoms with Gasteiger partial charge in [0, 0.05) is 13.2 Å². The molecule has 0 saturated carbocycles. The van der Waals surface area contributed by atoms with Gasteiger partial charge >= 0.3 is 5.97 Å². The maximum absolute atomic E-state index is 11.0. The van der Waals surface area contributed by atoms with Gasteiger partial charge in [-0.25, -0.2) is 9.78 Å². The van der Waals surface area contributed by atoms with Crippen molar-refractivity contribution in [2.24, 2.45) is 0 Å². The van der Waals surface area contributed by atoms with Gasteiger partial charge in [0.15, 0.2) is 6.10 Å². The molecule has 1 aromatic heterocycles. The van der Waals surface area contributed by atoms with Crippen LogP contribution < -0.4 is 0 Å². The van der Waals surface area contributed by atoms with Crippen LogP contribution in [-0.4, -0.2) is 27.2 Å². The Balaban J connectivity index is 2.89. The second-order valence-corrected chi connectivity index (χ2v) is 3.19. The quantitative estimate of drug-likeness (QED) is 0.775. The number of aryl methyl sites for hydroxylation is 1. The molecular weight excluding hydrogens is 196 g/mol. The largest absolute Gasteiger partial charge is 0.479 e. The summed E-state index contributed by atoms with van der Waals surface area (Å²) >= 11 is 0. The highest BCUT2D eigenvalue weighted by Crippen LogP contribution is 2.17. The zero-order chi connectivity index (χ0) is 11.3. The molecular formula is C10H16N2O3. The summed E-state index contributed by atoms with van der Waals surface area (Å²) in [6, 6.07) is 0. The number of aromatic nitrogens is 2. The minimum absolute atomic E-state index is 0.369. The Morgan fingerprint density at radius 2 is 2.40 bits per heavy atom. The van der Waals surface area contributed by atoms with E-state index in [-0.39, 0.29) is 0 Å². The molecule has 0 fully saturated rings. The molecule has 0 amide bonds. The highest BCUT2D eigenvalue weighted by atomic mass is 16.5. The third-order valence-electron chi connectivity index (χ3n) is 2.04. The number of imidazole rings is 1. The molecule has 0 aliphatic rings. The van der Waals surface area contributed by atoms with Gasteiger partial charge in [-0.15, -0.1) is 0 Å². The smallest absolute Gasteiger partial charge is 0.339 e. The Hall–Kier alpha value is -1.36. The number of aliphatic carboxylic acids is 1. The molecule has 0 saturated heterocycles.